The number of carbonyl (C=O) groups excluding carboxylic acids is 2. The number of amides is 1. The molecule has 1 rings (SSSR count). The van der Waals surface area contributed by atoms with E-state index in [1.54, 1.807) is 0 Å². The van der Waals surface area contributed by atoms with Gasteiger partial charge in [-0.25, -0.2) is 12.8 Å². The van der Waals surface area contributed by atoms with Crippen LogP contribution >= 0.6 is 23.2 Å². The Morgan fingerprint density at radius 3 is 2.18 bits per heavy atom. The van der Waals surface area contributed by atoms with Crippen molar-refractivity contribution in [3.05, 3.63) is 29.8 Å². The van der Waals surface area contributed by atoms with Crippen molar-refractivity contribution < 1.29 is 37.0 Å². The predicted molar refractivity (Wildman–Crippen MR) is 98.7 cm³/mol. The van der Waals surface area contributed by atoms with Gasteiger partial charge in [-0.1, -0.05) is 35.3 Å². The van der Waals surface area contributed by atoms with Crippen molar-refractivity contribution in [1.29, 1.82) is 0 Å². The van der Waals surface area contributed by atoms with Gasteiger partial charge in [-0.2, -0.15) is 0 Å². The van der Waals surface area contributed by atoms with Gasteiger partial charge in [0.1, 0.15) is 12.8 Å². The molecule has 0 saturated heterocycles. The average molecular weight is 458 g/mol. The lowest BCUT2D eigenvalue weighted by molar-refractivity contribution is -0.154. The lowest BCUT2D eigenvalue weighted by atomic mass is 10.0. The van der Waals surface area contributed by atoms with Gasteiger partial charge >= 0.3 is 11.9 Å². The van der Waals surface area contributed by atoms with Crippen LogP contribution < -0.4 is 5.32 Å². The highest BCUT2D eigenvalue weighted by molar-refractivity contribution is 7.90. The van der Waals surface area contributed by atoms with Crippen LogP contribution in [0.2, 0.25) is 0 Å². The molecule has 1 unspecified atom stereocenters. The number of esters is 1. The van der Waals surface area contributed by atoms with Crippen LogP contribution in [0, 0.1) is 0 Å². The molecule has 0 radical (unpaired) electrons. The van der Waals surface area contributed by atoms with E-state index in [-0.39, 0.29) is 10.5 Å². The van der Waals surface area contributed by atoms with E-state index in [0.29, 0.717) is 0 Å². The first kappa shape index (κ1) is 24.1. The first-order valence-corrected chi connectivity index (χ1v) is 10.6. The minimum Gasteiger partial charge on any atom is -0.481 e. The van der Waals surface area contributed by atoms with Crippen LogP contribution in [0.5, 0.6) is 0 Å². The van der Waals surface area contributed by atoms with Crippen molar-refractivity contribution in [2.45, 2.75) is 34.7 Å². The molecule has 8 nitrogen and oxygen atoms in total. The monoisotopic (exact) mass is 457 g/mol. The van der Waals surface area contributed by atoms with E-state index in [0.717, 1.165) is 6.26 Å². The highest BCUT2D eigenvalue weighted by atomic mass is 35.5. The summed E-state index contributed by atoms with van der Waals surface area (Å²) >= 11 is 10.9. The van der Waals surface area contributed by atoms with Crippen molar-refractivity contribution in [2.75, 3.05) is 12.9 Å². The smallest absolute Gasteiger partial charge is 0.307 e. The average Bonchev–Trinajstić information content (AvgIpc) is 2.61. The molecule has 28 heavy (non-hydrogen) atoms. The third kappa shape index (κ3) is 7.61. The van der Waals surface area contributed by atoms with Crippen LogP contribution in [0.1, 0.15) is 24.5 Å². The number of hydrogen-bond acceptors (Lipinski definition) is 6. The maximum absolute atomic E-state index is 13.6. The Bertz CT molecular complexity index is 815. The molecule has 0 aromatic heterocycles. The largest absolute Gasteiger partial charge is 0.481 e. The molecule has 0 aliphatic heterocycles. The number of alkyl halides is 3. The van der Waals surface area contributed by atoms with Gasteiger partial charge in [-0.15, -0.1) is 0 Å². The summed E-state index contributed by atoms with van der Waals surface area (Å²) < 4.78 is 41.8. The quantitative estimate of drug-likeness (QED) is 0.404. The number of carboxylic acid groups (broad SMARTS) is 1. The SMILES string of the molecule is CS(=O)(=O)c1ccc(C(OC(=O)CCC(=O)O)[C@@H](CF)NC(=O)C(Cl)Cl)cc1. The Hall–Kier alpha value is -1.91. The van der Waals surface area contributed by atoms with E-state index >= 15 is 0 Å². The van der Waals surface area contributed by atoms with Crippen LogP contribution in [-0.2, 0) is 29.0 Å². The van der Waals surface area contributed by atoms with Gasteiger partial charge in [0.2, 0.25) is 0 Å². The zero-order valence-corrected chi connectivity index (χ0v) is 16.9. The van der Waals surface area contributed by atoms with Crippen molar-refractivity contribution in [1.82, 2.24) is 5.32 Å². The van der Waals surface area contributed by atoms with Crippen molar-refractivity contribution in [3.8, 4) is 0 Å². The standard InChI is InChI=1S/C16H18Cl2FNO7S/c1-28(25,26)10-4-2-9(3-5-10)14(27-13(23)7-6-12(21)22)11(8-19)20-16(24)15(17)18/h2-5,11,14-15H,6-8H2,1H3,(H,20,24)(H,21,22)/t11-,14?/m1/s1. The van der Waals surface area contributed by atoms with Crippen LogP contribution in [0.25, 0.3) is 0 Å². The second-order valence-corrected chi connectivity index (χ2v) is 8.83. The molecule has 1 aromatic rings. The molecule has 0 aliphatic rings. The number of sulfone groups is 1. The van der Waals surface area contributed by atoms with E-state index in [1.807, 2.05) is 0 Å². The summed E-state index contributed by atoms with van der Waals surface area (Å²) in [6, 6.07) is 3.65. The Balaban J connectivity index is 3.16. The van der Waals surface area contributed by atoms with E-state index < -0.39 is 64.2 Å². The Labute approximate surface area is 170 Å². The van der Waals surface area contributed by atoms with Crippen LogP contribution in [0.4, 0.5) is 4.39 Å². The van der Waals surface area contributed by atoms with Gasteiger partial charge in [0.05, 0.1) is 23.8 Å². The van der Waals surface area contributed by atoms with Gasteiger partial charge < -0.3 is 15.2 Å². The van der Waals surface area contributed by atoms with Crippen molar-refractivity contribution in [2.24, 2.45) is 0 Å². The number of benzene rings is 1. The van der Waals surface area contributed by atoms with Crippen LogP contribution in [0.15, 0.2) is 29.2 Å². The van der Waals surface area contributed by atoms with Crippen LogP contribution in [-0.4, -0.2) is 55.2 Å². The fourth-order valence-electron chi connectivity index (χ4n) is 2.14. The summed E-state index contributed by atoms with van der Waals surface area (Å²) in [7, 11) is -3.49. The minimum absolute atomic E-state index is 0.0189. The Morgan fingerprint density at radius 2 is 1.75 bits per heavy atom. The van der Waals surface area contributed by atoms with Gasteiger partial charge in [0.15, 0.2) is 14.7 Å². The maximum atomic E-state index is 13.6. The van der Waals surface area contributed by atoms with Gasteiger partial charge in [0, 0.05) is 6.26 Å². The lowest BCUT2D eigenvalue weighted by Gasteiger charge is -2.26. The number of rotatable bonds is 10. The molecule has 2 N–H and O–H groups in total. The second kappa shape index (κ2) is 10.6. The van der Waals surface area contributed by atoms with Crippen molar-refractivity contribution >= 4 is 50.9 Å². The molecule has 1 amide bonds. The fourth-order valence-corrected chi connectivity index (χ4v) is 2.89. The summed E-state index contributed by atoms with van der Waals surface area (Å²) in [6.45, 7) is -1.17. The van der Waals surface area contributed by atoms with E-state index in [4.69, 9.17) is 33.0 Å². The van der Waals surface area contributed by atoms with Gasteiger partial charge in [0.25, 0.3) is 5.91 Å². The molecule has 0 aliphatic carbocycles. The molecular formula is C16H18Cl2FNO7S. The molecule has 0 spiro atoms. The molecule has 156 valence electrons. The number of aliphatic carboxylic acids is 1. The van der Waals surface area contributed by atoms with E-state index in [1.165, 1.54) is 24.3 Å². The minimum atomic E-state index is -3.49. The molecule has 0 heterocycles. The molecule has 12 heteroatoms. The summed E-state index contributed by atoms with van der Waals surface area (Å²) in [4.78, 5) is 32.7. The number of hydrogen-bond donors (Lipinski definition) is 2. The number of nitrogens with one attached hydrogen (secondary N) is 1. The predicted octanol–water partition coefficient (Wildman–Crippen LogP) is 1.80. The first-order valence-electron chi connectivity index (χ1n) is 7.81. The number of ether oxygens (including phenoxy) is 1. The summed E-state index contributed by atoms with van der Waals surface area (Å²) in [5, 5.41) is 10.8. The van der Waals surface area contributed by atoms with E-state index in [9.17, 15) is 27.2 Å². The zero-order chi connectivity index (χ0) is 21.5. The maximum Gasteiger partial charge on any atom is 0.307 e. The highest BCUT2D eigenvalue weighted by Crippen LogP contribution is 2.25. The summed E-state index contributed by atoms with van der Waals surface area (Å²) in [5.74, 6) is -3.10. The third-order valence-electron chi connectivity index (χ3n) is 3.50. The molecule has 0 saturated carbocycles. The normalized spacial score (nSPS) is 13.6. The topological polar surface area (TPSA) is 127 Å². The molecule has 0 fully saturated rings. The highest BCUT2D eigenvalue weighted by Gasteiger charge is 2.30. The third-order valence-corrected chi connectivity index (χ3v) is 5.02. The lowest BCUT2D eigenvalue weighted by Crippen LogP contribution is -2.44. The fraction of sp³-hybridized carbons (Fsp3) is 0.438. The summed E-state index contributed by atoms with van der Waals surface area (Å²) in [5.41, 5.74) is 0.180. The number of halogens is 3. The molecule has 2 atom stereocenters. The first-order chi connectivity index (χ1) is 13.0. The number of carboxylic acids is 1. The Morgan fingerprint density at radius 1 is 1.18 bits per heavy atom. The number of carbonyl (C=O) groups is 3. The molecule has 1 aromatic carbocycles. The van der Waals surface area contributed by atoms with Gasteiger partial charge in [-0.3, -0.25) is 14.4 Å². The summed E-state index contributed by atoms with van der Waals surface area (Å²) in [6.07, 6.45) is -1.35. The van der Waals surface area contributed by atoms with E-state index in [2.05, 4.69) is 5.32 Å². The second-order valence-electron chi connectivity index (χ2n) is 5.72. The molecule has 0 bridgehead atoms. The van der Waals surface area contributed by atoms with Crippen molar-refractivity contribution in [3.63, 3.8) is 0 Å². The molecular weight excluding hydrogens is 440 g/mol. The Kier molecular flexibility index (Phi) is 9.12. The van der Waals surface area contributed by atoms with Crippen LogP contribution in [0.3, 0.4) is 0 Å². The van der Waals surface area contributed by atoms with Gasteiger partial charge in [-0.05, 0) is 17.7 Å². The zero-order valence-electron chi connectivity index (χ0n) is 14.6.